The third kappa shape index (κ3) is 5.45. The fraction of sp³-hybridized carbons (Fsp3) is 0.316. The molecule has 7 nitrogen and oxygen atoms in total. The Morgan fingerprint density at radius 1 is 1.14 bits per heavy atom. The molecule has 0 spiro atoms. The Morgan fingerprint density at radius 3 is 2.57 bits per heavy atom. The fourth-order valence-electron chi connectivity index (χ4n) is 2.71. The van der Waals surface area contributed by atoms with Crippen molar-refractivity contribution in [2.24, 2.45) is 0 Å². The summed E-state index contributed by atoms with van der Waals surface area (Å²) >= 11 is 5.99. The number of morpholine rings is 1. The molecule has 1 aliphatic rings. The zero-order valence-electron chi connectivity index (χ0n) is 15.1. The number of carbonyl (C=O) groups excluding carboxylic acids is 1. The predicted molar refractivity (Wildman–Crippen MR) is 105 cm³/mol. The summed E-state index contributed by atoms with van der Waals surface area (Å²) in [5, 5.41) is 0.256. The van der Waals surface area contributed by atoms with E-state index in [2.05, 4.69) is 4.72 Å². The Morgan fingerprint density at radius 2 is 1.86 bits per heavy atom. The first-order chi connectivity index (χ1) is 13.5. The summed E-state index contributed by atoms with van der Waals surface area (Å²) in [6.45, 7) is 1.81. The van der Waals surface area contributed by atoms with Gasteiger partial charge in [0.25, 0.3) is 5.91 Å². The summed E-state index contributed by atoms with van der Waals surface area (Å²) in [6.07, 6.45) is 0. The minimum absolute atomic E-state index is 0.0755. The normalized spacial score (nSPS) is 14.7. The number of ether oxygens (including phenoxy) is 2. The van der Waals surface area contributed by atoms with Gasteiger partial charge in [-0.05, 0) is 23.8 Å². The number of rotatable bonds is 7. The van der Waals surface area contributed by atoms with Gasteiger partial charge in [0.2, 0.25) is 10.0 Å². The maximum atomic E-state index is 12.8. The molecule has 1 heterocycles. The first kappa shape index (κ1) is 20.6. The molecule has 1 aliphatic heterocycles. The maximum absolute atomic E-state index is 12.8. The van der Waals surface area contributed by atoms with Crippen molar-refractivity contribution in [2.45, 2.75) is 11.4 Å². The van der Waals surface area contributed by atoms with Crippen LogP contribution in [0.5, 0.6) is 5.75 Å². The van der Waals surface area contributed by atoms with Crippen molar-refractivity contribution in [1.29, 1.82) is 0 Å². The van der Waals surface area contributed by atoms with E-state index in [1.807, 2.05) is 30.3 Å². The second-order valence-electron chi connectivity index (χ2n) is 6.18. The van der Waals surface area contributed by atoms with E-state index >= 15 is 0 Å². The highest BCUT2D eigenvalue weighted by Crippen LogP contribution is 2.27. The summed E-state index contributed by atoms with van der Waals surface area (Å²) in [4.78, 5) is 13.8. The predicted octanol–water partition coefficient (Wildman–Crippen LogP) is 2.06. The van der Waals surface area contributed by atoms with Crippen LogP contribution in [0.1, 0.15) is 5.56 Å². The first-order valence-electron chi connectivity index (χ1n) is 8.77. The molecule has 0 aliphatic carbocycles. The van der Waals surface area contributed by atoms with Gasteiger partial charge in [-0.25, -0.2) is 13.1 Å². The molecule has 0 saturated carbocycles. The van der Waals surface area contributed by atoms with Gasteiger partial charge in [-0.15, -0.1) is 0 Å². The van der Waals surface area contributed by atoms with Gasteiger partial charge < -0.3 is 14.4 Å². The molecule has 0 bridgehead atoms. The van der Waals surface area contributed by atoms with Crippen LogP contribution in [0.3, 0.4) is 0 Å². The number of nitrogens with zero attached hydrogens (tertiary/aromatic N) is 1. The molecule has 1 N–H and O–H groups in total. The highest BCUT2D eigenvalue weighted by molar-refractivity contribution is 7.89. The van der Waals surface area contributed by atoms with Crippen LogP contribution in [0, 0.1) is 0 Å². The number of hydrogen-bond acceptors (Lipinski definition) is 5. The molecular weight excluding hydrogens is 404 g/mol. The Labute approximate surface area is 169 Å². The smallest absolute Gasteiger partial charge is 0.260 e. The van der Waals surface area contributed by atoms with Gasteiger partial charge in [0.05, 0.1) is 13.2 Å². The zero-order chi connectivity index (χ0) is 20.0. The van der Waals surface area contributed by atoms with Crippen molar-refractivity contribution < 1.29 is 22.7 Å². The zero-order valence-corrected chi connectivity index (χ0v) is 16.7. The van der Waals surface area contributed by atoms with Gasteiger partial charge in [-0.1, -0.05) is 41.9 Å². The third-order valence-electron chi connectivity index (χ3n) is 4.22. The van der Waals surface area contributed by atoms with Crippen molar-refractivity contribution in [3.05, 3.63) is 59.1 Å². The van der Waals surface area contributed by atoms with E-state index in [0.29, 0.717) is 26.3 Å². The Hall–Kier alpha value is -2.13. The van der Waals surface area contributed by atoms with Gasteiger partial charge in [0.15, 0.2) is 6.61 Å². The SMILES string of the molecule is O=C(COc1ccc(Cl)cc1S(=O)(=O)NCc1ccccc1)N1CCOCC1. The number of halogens is 1. The molecule has 1 fully saturated rings. The average Bonchev–Trinajstić information content (AvgIpc) is 2.72. The number of benzene rings is 2. The second-order valence-corrected chi connectivity index (χ2v) is 8.35. The highest BCUT2D eigenvalue weighted by atomic mass is 35.5. The standard InChI is InChI=1S/C19H21ClN2O5S/c20-16-6-7-17(27-14-19(23)22-8-10-26-11-9-22)18(12-16)28(24,25)21-13-15-4-2-1-3-5-15/h1-7,12,21H,8-11,13-14H2. The Balaban J connectivity index is 1.71. The summed E-state index contributed by atoms with van der Waals surface area (Å²) in [5.41, 5.74) is 0.818. The van der Waals surface area contributed by atoms with Gasteiger partial charge in [0.1, 0.15) is 10.6 Å². The fourth-order valence-corrected chi connectivity index (χ4v) is 4.13. The number of carbonyl (C=O) groups is 1. The van der Waals surface area contributed by atoms with Crippen molar-refractivity contribution in [3.63, 3.8) is 0 Å². The van der Waals surface area contributed by atoms with Gasteiger partial charge in [-0.2, -0.15) is 0 Å². The van der Waals surface area contributed by atoms with Crippen molar-refractivity contribution in [3.8, 4) is 5.75 Å². The number of sulfonamides is 1. The summed E-state index contributed by atoms with van der Waals surface area (Å²) in [5.74, 6) is -0.148. The topological polar surface area (TPSA) is 84.9 Å². The number of amides is 1. The lowest BCUT2D eigenvalue weighted by atomic mass is 10.2. The molecule has 0 unspecified atom stereocenters. The Bertz CT molecular complexity index is 915. The highest BCUT2D eigenvalue weighted by Gasteiger charge is 2.22. The summed E-state index contributed by atoms with van der Waals surface area (Å²) in [7, 11) is -3.89. The molecule has 2 aromatic rings. The maximum Gasteiger partial charge on any atom is 0.260 e. The Kier molecular flexibility index (Phi) is 6.90. The van der Waals surface area contributed by atoms with E-state index in [-0.39, 0.29) is 34.7 Å². The minimum Gasteiger partial charge on any atom is -0.482 e. The molecule has 1 amide bonds. The number of nitrogens with one attached hydrogen (secondary N) is 1. The van der Waals surface area contributed by atoms with Crippen LogP contribution >= 0.6 is 11.6 Å². The van der Waals surface area contributed by atoms with Crippen LogP contribution in [-0.4, -0.2) is 52.1 Å². The first-order valence-corrected chi connectivity index (χ1v) is 10.6. The minimum atomic E-state index is -3.89. The van der Waals surface area contributed by atoms with Crippen molar-refractivity contribution >= 4 is 27.5 Å². The van der Waals surface area contributed by atoms with Gasteiger partial charge in [-0.3, -0.25) is 4.79 Å². The number of hydrogen-bond donors (Lipinski definition) is 1. The monoisotopic (exact) mass is 424 g/mol. The second kappa shape index (κ2) is 9.38. The van der Waals surface area contributed by atoms with Crippen LogP contribution < -0.4 is 9.46 Å². The molecule has 0 radical (unpaired) electrons. The summed E-state index contributed by atoms with van der Waals surface area (Å²) < 4.78 is 38.8. The summed E-state index contributed by atoms with van der Waals surface area (Å²) in [6, 6.07) is 13.4. The van der Waals surface area contributed by atoms with E-state index in [4.69, 9.17) is 21.1 Å². The molecule has 3 rings (SSSR count). The van der Waals surface area contributed by atoms with E-state index < -0.39 is 10.0 Å². The van der Waals surface area contributed by atoms with Crippen molar-refractivity contribution in [1.82, 2.24) is 9.62 Å². The average molecular weight is 425 g/mol. The van der Waals surface area contributed by atoms with Crippen LogP contribution in [-0.2, 0) is 26.1 Å². The van der Waals surface area contributed by atoms with E-state index in [0.717, 1.165) is 5.56 Å². The van der Waals surface area contributed by atoms with Gasteiger partial charge in [0, 0.05) is 24.7 Å². The lowest BCUT2D eigenvalue weighted by Gasteiger charge is -2.26. The molecule has 9 heteroatoms. The van der Waals surface area contributed by atoms with E-state index in [9.17, 15) is 13.2 Å². The molecular formula is C19H21ClN2O5S. The van der Waals surface area contributed by atoms with Crippen LogP contribution in [0.25, 0.3) is 0 Å². The quantitative estimate of drug-likeness (QED) is 0.735. The van der Waals surface area contributed by atoms with Crippen molar-refractivity contribution in [2.75, 3.05) is 32.9 Å². The van der Waals surface area contributed by atoms with E-state index in [1.54, 1.807) is 4.90 Å². The largest absolute Gasteiger partial charge is 0.482 e. The third-order valence-corrected chi connectivity index (χ3v) is 5.88. The molecule has 150 valence electrons. The molecule has 0 aromatic heterocycles. The molecule has 1 saturated heterocycles. The molecule has 0 atom stereocenters. The lowest BCUT2D eigenvalue weighted by molar-refractivity contribution is -0.137. The molecule has 2 aromatic carbocycles. The van der Waals surface area contributed by atoms with E-state index in [1.165, 1.54) is 18.2 Å². The lowest BCUT2D eigenvalue weighted by Crippen LogP contribution is -2.43. The van der Waals surface area contributed by atoms with Crippen LogP contribution in [0.15, 0.2) is 53.4 Å². The van der Waals surface area contributed by atoms with Crippen LogP contribution in [0.4, 0.5) is 0 Å². The van der Waals surface area contributed by atoms with Gasteiger partial charge >= 0.3 is 0 Å². The molecule has 28 heavy (non-hydrogen) atoms. The van der Waals surface area contributed by atoms with Crippen LogP contribution in [0.2, 0.25) is 5.02 Å².